The van der Waals surface area contributed by atoms with E-state index in [0.717, 1.165) is 16.0 Å². The van der Waals surface area contributed by atoms with Crippen LogP contribution in [-0.4, -0.2) is 30.2 Å². The molecule has 3 rings (SSSR count). The summed E-state index contributed by atoms with van der Waals surface area (Å²) in [5, 5.41) is 10.7. The number of ketones is 1. The standard InChI is InChI=1S/C23H25NO4S/c1-14(2)21(25)19-20(18-8-6-5-7-15(18)13-28-3)24(23(27)22(19)26)16-9-11-17(29-4)12-10-16/h5-12,14,20,26H,13H2,1-4H3. The SMILES string of the molecule is COCc1ccccc1C1C(C(=O)C(C)C)=C(O)C(=O)N1c1ccc(SC)cc1. The van der Waals surface area contributed by atoms with Gasteiger partial charge in [0, 0.05) is 23.6 Å². The number of carbonyl (C=O) groups excluding carboxylic acids is 2. The van der Waals surface area contributed by atoms with Crippen LogP contribution < -0.4 is 4.90 Å². The molecule has 1 atom stereocenters. The van der Waals surface area contributed by atoms with Crippen molar-refractivity contribution < 1.29 is 19.4 Å². The molecule has 29 heavy (non-hydrogen) atoms. The molecule has 1 amide bonds. The summed E-state index contributed by atoms with van der Waals surface area (Å²) in [5.41, 5.74) is 2.40. The second kappa shape index (κ2) is 8.84. The number of amides is 1. The van der Waals surface area contributed by atoms with E-state index in [1.807, 2.05) is 54.8 Å². The van der Waals surface area contributed by atoms with Gasteiger partial charge >= 0.3 is 0 Å². The Bertz CT molecular complexity index is 950. The van der Waals surface area contributed by atoms with Crippen LogP contribution in [0.5, 0.6) is 0 Å². The van der Waals surface area contributed by atoms with E-state index in [9.17, 15) is 14.7 Å². The number of thioether (sulfide) groups is 1. The predicted octanol–water partition coefficient (Wildman–Crippen LogP) is 4.68. The highest BCUT2D eigenvalue weighted by Gasteiger charge is 2.45. The number of ether oxygens (including phenoxy) is 1. The molecule has 1 aliphatic heterocycles. The number of aliphatic hydroxyl groups is 1. The fourth-order valence-corrected chi connectivity index (χ4v) is 3.97. The van der Waals surface area contributed by atoms with Crippen molar-refractivity contribution in [2.45, 2.75) is 31.4 Å². The number of hydrogen-bond donors (Lipinski definition) is 1. The van der Waals surface area contributed by atoms with E-state index < -0.39 is 17.7 Å². The highest BCUT2D eigenvalue weighted by Crippen LogP contribution is 2.43. The Labute approximate surface area is 175 Å². The summed E-state index contributed by atoms with van der Waals surface area (Å²) in [6.07, 6.45) is 1.98. The lowest BCUT2D eigenvalue weighted by atomic mass is 9.89. The number of hydrogen-bond acceptors (Lipinski definition) is 5. The number of anilines is 1. The molecule has 0 fully saturated rings. The van der Waals surface area contributed by atoms with Crippen LogP contribution in [0.3, 0.4) is 0 Å². The first kappa shape index (κ1) is 21.1. The van der Waals surface area contributed by atoms with Crippen LogP contribution in [0, 0.1) is 5.92 Å². The molecule has 1 aliphatic rings. The number of carbonyl (C=O) groups is 2. The number of rotatable bonds is 7. The molecule has 152 valence electrons. The Balaban J connectivity index is 2.20. The predicted molar refractivity (Wildman–Crippen MR) is 115 cm³/mol. The number of Topliss-reactive ketones (excluding diaryl/α,β-unsaturated/α-hetero) is 1. The van der Waals surface area contributed by atoms with Gasteiger partial charge in [0.1, 0.15) is 0 Å². The van der Waals surface area contributed by atoms with Gasteiger partial charge in [-0.25, -0.2) is 0 Å². The maximum absolute atomic E-state index is 13.1. The summed E-state index contributed by atoms with van der Waals surface area (Å²) >= 11 is 1.60. The minimum atomic E-state index is -0.705. The summed E-state index contributed by atoms with van der Waals surface area (Å²) in [6, 6.07) is 14.4. The fourth-order valence-electron chi connectivity index (χ4n) is 3.56. The van der Waals surface area contributed by atoms with Gasteiger partial charge in [0.25, 0.3) is 5.91 Å². The summed E-state index contributed by atoms with van der Waals surface area (Å²) < 4.78 is 5.33. The van der Waals surface area contributed by atoms with Crippen molar-refractivity contribution in [3.05, 3.63) is 71.0 Å². The minimum absolute atomic E-state index is 0.141. The van der Waals surface area contributed by atoms with Gasteiger partial charge in [-0.3, -0.25) is 14.5 Å². The maximum Gasteiger partial charge on any atom is 0.294 e. The normalized spacial score (nSPS) is 16.8. The molecule has 1 N–H and O–H groups in total. The third-order valence-electron chi connectivity index (χ3n) is 5.00. The van der Waals surface area contributed by atoms with Crippen molar-refractivity contribution in [3.8, 4) is 0 Å². The lowest BCUT2D eigenvalue weighted by Gasteiger charge is -2.29. The Kier molecular flexibility index (Phi) is 6.45. The molecule has 0 radical (unpaired) electrons. The minimum Gasteiger partial charge on any atom is -0.503 e. The van der Waals surface area contributed by atoms with Crippen molar-refractivity contribution in [1.29, 1.82) is 0 Å². The first-order valence-electron chi connectivity index (χ1n) is 9.42. The molecule has 0 saturated heterocycles. The third-order valence-corrected chi connectivity index (χ3v) is 5.74. The summed E-state index contributed by atoms with van der Waals surface area (Å²) in [6.45, 7) is 3.87. The molecule has 1 unspecified atom stereocenters. The van der Waals surface area contributed by atoms with Gasteiger partial charge in [0.15, 0.2) is 11.5 Å². The molecule has 1 heterocycles. The Morgan fingerprint density at radius 3 is 2.41 bits per heavy atom. The van der Waals surface area contributed by atoms with E-state index in [-0.39, 0.29) is 17.3 Å². The fraction of sp³-hybridized carbons (Fsp3) is 0.304. The van der Waals surface area contributed by atoms with Crippen molar-refractivity contribution in [1.82, 2.24) is 0 Å². The molecule has 0 saturated carbocycles. The number of aliphatic hydroxyl groups excluding tert-OH is 1. The van der Waals surface area contributed by atoms with E-state index >= 15 is 0 Å². The zero-order valence-electron chi connectivity index (χ0n) is 17.0. The average molecular weight is 412 g/mol. The van der Waals surface area contributed by atoms with E-state index in [4.69, 9.17) is 4.74 Å². The molecule has 0 bridgehead atoms. The van der Waals surface area contributed by atoms with Gasteiger partial charge in [-0.15, -0.1) is 11.8 Å². The molecular formula is C23H25NO4S. The van der Waals surface area contributed by atoms with Gasteiger partial charge in [0.05, 0.1) is 18.2 Å². The monoisotopic (exact) mass is 411 g/mol. The van der Waals surface area contributed by atoms with Crippen LogP contribution in [0.4, 0.5) is 5.69 Å². The van der Waals surface area contributed by atoms with E-state index in [1.165, 1.54) is 4.90 Å². The van der Waals surface area contributed by atoms with E-state index in [1.54, 1.807) is 32.7 Å². The largest absolute Gasteiger partial charge is 0.503 e. The maximum atomic E-state index is 13.1. The number of nitrogens with zero attached hydrogens (tertiary/aromatic N) is 1. The topological polar surface area (TPSA) is 66.8 Å². The average Bonchev–Trinajstić information content (AvgIpc) is 2.99. The molecule has 0 aromatic heterocycles. The van der Waals surface area contributed by atoms with E-state index in [2.05, 4.69) is 0 Å². The summed E-state index contributed by atoms with van der Waals surface area (Å²) in [5.74, 6) is -1.63. The molecule has 0 aliphatic carbocycles. The number of benzene rings is 2. The van der Waals surface area contributed by atoms with Gasteiger partial charge < -0.3 is 9.84 Å². The molecule has 0 spiro atoms. The quantitative estimate of drug-likeness (QED) is 0.670. The van der Waals surface area contributed by atoms with Crippen molar-refractivity contribution in [3.63, 3.8) is 0 Å². The highest BCUT2D eigenvalue weighted by atomic mass is 32.2. The smallest absolute Gasteiger partial charge is 0.294 e. The molecular weight excluding hydrogens is 386 g/mol. The van der Waals surface area contributed by atoms with Crippen LogP contribution in [0.15, 0.2) is 64.8 Å². The molecule has 2 aromatic rings. The summed E-state index contributed by atoms with van der Waals surface area (Å²) in [7, 11) is 1.60. The van der Waals surface area contributed by atoms with Gasteiger partial charge in [-0.05, 0) is 41.6 Å². The van der Waals surface area contributed by atoms with Crippen LogP contribution in [0.25, 0.3) is 0 Å². The number of methoxy groups -OCH3 is 1. The van der Waals surface area contributed by atoms with Crippen LogP contribution in [-0.2, 0) is 20.9 Å². The third kappa shape index (κ3) is 3.95. The van der Waals surface area contributed by atoms with Crippen LogP contribution in [0.1, 0.15) is 31.0 Å². The lowest BCUT2D eigenvalue weighted by Crippen LogP contribution is -2.32. The van der Waals surface area contributed by atoms with Gasteiger partial charge in [-0.1, -0.05) is 38.1 Å². The molecule has 2 aromatic carbocycles. The summed E-state index contributed by atoms with van der Waals surface area (Å²) in [4.78, 5) is 28.6. The van der Waals surface area contributed by atoms with Crippen LogP contribution >= 0.6 is 11.8 Å². The highest BCUT2D eigenvalue weighted by molar-refractivity contribution is 7.98. The van der Waals surface area contributed by atoms with Crippen molar-refractivity contribution in [2.24, 2.45) is 5.92 Å². The first-order chi connectivity index (χ1) is 13.9. The first-order valence-corrected chi connectivity index (χ1v) is 10.6. The zero-order chi connectivity index (χ0) is 21.1. The Hall–Kier alpha value is -2.57. The van der Waals surface area contributed by atoms with Gasteiger partial charge in [-0.2, -0.15) is 0 Å². The van der Waals surface area contributed by atoms with Crippen molar-refractivity contribution in [2.75, 3.05) is 18.3 Å². The van der Waals surface area contributed by atoms with Crippen LogP contribution in [0.2, 0.25) is 0 Å². The second-order valence-electron chi connectivity index (χ2n) is 7.19. The molecule has 5 nitrogen and oxygen atoms in total. The zero-order valence-corrected chi connectivity index (χ0v) is 17.8. The Morgan fingerprint density at radius 1 is 1.17 bits per heavy atom. The van der Waals surface area contributed by atoms with Gasteiger partial charge in [0.2, 0.25) is 0 Å². The lowest BCUT2D eigenvalue weighted by molar-refractivity contribution is -0.119. The second-order valence-corrected chi connectivity index (χ2v) is 8.07. The molecule has 6 heteroatoms. The van der Waals surface area contributed by atoms with E-state index in [0.29, 0.717) is 12.3 Å². The Morgan fingerprint density at radius 2 is 1.83 bits per heavy atom. The van der Waals surface area contributed by atoms with Crippen molar-refractivity contribution >= 4 is 29.1 Å².